The van der Waals surface area contributed by atoms with Crippen molar-refractivity contribution in [1.82, 2.24) is 0 Å². The van der Waals surface area contributed by atoms with Crippen LogP contribution in [-0.2, 0) is 6.54 Å². The first kappa shape index (κ1) is 16.4. The highest BCUT2D eigenvalue weighted by molar-refractivity contribution is 5.03. The normalized spacial score (nSPS) is 10.0. The molecule has 0 aliphatic heterocycles. The summed E-state index contributed by atoms with van der Waals surface area (Å²) in [6.45, 7) is 5.58. The zero-order chi connectivity index (χ0) is 11.6. The van der Waals surface area contributed by atoms with Crippen LogP contribution < -0.4 is 17.0 Å². The van der Waals surface area contributed by atoms with Gasteiger partial charge in [0.2, 0.25) is 0 Å². The molecule has 1 nitrogen and oxygen atoms in total. The lowest BCUT2D eigenvalue weighted by molar-refractivity contribution is -0.697. The van der Waals surface area contributed by atoms with Crippen molar-refractivity contribution in [2.24, 2.45) is 0 Å². The Balaban J connectivity index is 0.00000256. The fourth-order valence-corrected chi connectivity index (χ4v) is 1.93. The molecule has 2 heteroatoms. The second-order valence-corrected chi connectivity index (χ2v) is 4.73. The van der Waals surface area contributed by atoms with Crippen molar-refractivity contribution >= 4 is 0 Å². The monoisotopic (exact) mass is 255 g/mol. The first-order chi connectivity index (χ1) is 7.83. The molecule has 17 heavy (non-hydrogen) atoms. The third-order valence-electron chi connectivity index (χ3n) is 3.08. The number of hydrogen-bond donors (Lipinski definition) is 0. The molecule has 0 radical (unpaired) electrons. The number of pyridine rings is 1. The largest absolute Gasteiger partial charge is 1.00 e. The van der Waals surface area contributed by atoms with Gasteiger partial charge in [0.05, 0.1) is 0 Å². The minimum Gasteiger partial charge on any atom is -1.00 e. The quantitative estimate of drug-likeness (QED) is 0.483. The maximum Gasteiger partial charge on any atom is 0.169 e. The van der Waals surface area contributed by atoms with Gasteiger partial charge in [-0.15, -0.1) is 0 Å². The molecule has 0 saturated heterocycles. The van der Waals surface area contributed by atoms with E-state index in [-0.39, 0.29) is 12.4 Å². The molecule has 98 valence electrons. The summed E-state index contributed by atoms with van der Waals surface area (Å²) in [4.78, 5) is 0. The standard InChI is InChI=1S/C15H26N.ClH/c1-3-4-5-6-7-8-9-12-16-13-10-15(2)11-14-16;/h10-11,13-14H,3-9,12H2,1-2H3;1H/q+1;/p-1. The Kier molecular flexibility index (Phi) is 10.2. The van der Waals surface area contributed by atoms with E-state index in [1.165, 1.54) is 57.1 Å². The fraction of sp³-hybridized carbons (Fsp3) is 0.667. The average Bonchev–Trinajstić information content (AvgIpc) is 2.30. The predicted octanol–water partition coefficient (Wildman–Crippen LogP) is 1.04. The third-order valence-corrected chi connectivity index (χ3v) is 3.08. The number of unbranched alkanes of at least 4 members (excludes halogenated alkanes) is 6. The van der Waals surface area contributed by atoms with E-state index >= 15 is 0 Å². The van der Waals surface area contributed by atoms with E-state index < -0.39 is 0 Å². The van der Waals surface area contributed by atoms with Crippen molar-refractivity contribution in [3.63, 3.8) is 0 Å². The van der Waals surface area contributed by atoms with Crippen LogP contribution >= 0.6 is 0 Å². The Morgan fingerprint density at radius 1 is 0.882 bits per heavy atom. The molecule has 0 bridgehead atoms. The van der Waals surface area contributed by atoms with Gasteiger partial charge in [-0.1, -0.05) is 39.0 Å². The Morgan fingerprint density at radius 3 is 2.00 bits per heavy atom. The van der Waals surface area contributed by atoms with Crippen LogP contribution in [0.15, 0.2) is 24.5 Å². The van der Waals surface area contributed by atoms with Crippen LogP contribution in [0.4, 0.5) is 0 Å². The zero-order valence-corrected chi connectivity index (χ0v) is 12.0. The topological polar surface area (TPSA) is 3.88 Å². The highest BCUT2D eigenvalue weighted by atomic mass is 35.5. The molecular formula is C15H26ClN. The molecule has 0 aromatic carbocycles. The van der Waals surface area contributed by atoms with Gasteiger partial charge in [0.1, 0.15) is 6.54 Å². The molecule has 0 fully saturated rings. The summed E-state index contributed by atoms with van der Waals surface area (Å²) < 4.78 is 2.29. The van der Waals surface area contributed by atoms with Crippen LogP contribution in [0.2, 0.25) is 0 Å². The van der Waals surface area contributed by atoms with Crippen molar-refractivity contribution in [3.05, 3.63) is 30.1 Å². The highest BCUT2D eigenvalue weighted by Crippen LogP contribution is 2.06. The van der Waals surface area contributed by atoms with Crippen molar-refractivity contribution in [1.29, 1.82) is 0 Å². The molecule has 1 aromatic heterocycles. The molecule has 0 unspecified atom stereocenters. The summed E-state index contributed by atoms with van der Waals surface area (Å²) in [7, 11) is 0. The number of halogens is 1. The summed E-state index contributed by atoms with van der Waals surface area (Å²) in [5, 5.41) is 0. The van der Waals surface area contributed by atoms with Crippen LogP contribution in [0.3, 0.4) is 0 Å². The minimum absolute atomic E-state index is 0. The van der Waals surface area contributed by atoms with Gasteiger partial charge in [-0.05, 0) is 18.9 Å². The van der Waals surface area contributed by atoms with Crippen molar-refractivity contribution in [2.75, 3.05) is 0 Å². The summed E-state index contributed by atoms with van der Waals surface area (Å²) in [5.41, 5.74) is 1.34. The van der Waals surface area contributed by atoms with E-state index in [4.69, 9.17) is 0 Å². The summed E-state index contributed by atoms with van der Waals surface area (Å²) in [5.74, 6) is 0. The summed E-state index contributed by atoms with van der Waals surface area (Å²) in [6, 6.07) is 4.36. The second-order valence-electron chi connectivity index (χ2n) is 4.73. The molecule has 1 aromatic rings. The Labute approximate surface area is 113 Å². The zero-order valence-electron chi connectivity index (χ0n) is 11.3. The molecule has 0 saturated carbocycles. The number of rotatable bonds is 8. The van der Waals surface area contributed by atoms with Gasteiger partial charge in [-0.25, -0.2) is 4.57 Å². The maximum atomic E-state index is 2.29. The minimum atomic E-state index is 0. The van der Waals surface area contributed by atoms with E-state index in [0.29, 0.717) is 0 Å². The summed E-state index contributed by atoms with van der Waals surface area (Å²) >= 11 is 0. The van der Waals surface area contributed by atoms with Gasteiger partial charge in [0.25, 0.3) is 0 Å². The van der Waals surface area contributed by atoms with E-state index in [1.807, 2.05) is 0 Å². The van der Waals surface area contributed by atoms with Gasteiger partial charge < -0.3 is 12.4 Å². The van der Waals surface area contributed by atoms with Crippen molar-refractivity contribution in [3.8, 4) is 0 Å². The molecule has 0 aliphatic rings. The number of nitrogens with zero attached hydrogens (tertiary/aromatic N) is 1. The van der Waals surface area contributed by atoms with Gasteiger partial charge in [0, 0.05) is 18.6 Å². The van der Waals surface area contributed by atoms with Crippen molar-refractivity contribution in [2.45, 2.75) is 65.3 Å². The third kappa shape index (κ3) is 8.20. The number of aromatic nitrogens is 1. The lowest BCUT2D eigenvalue weighted by Crippen LogP contribution is -3.00. The highest BCUT2D eigenvalue weighted by Gasteiger charge is 1.98. The first-order valence-corrected chi connectivity index (χ1v) is 6.78. The molecule has 0 atom stereocenters. The smallest absolute Gasteiger partial charge is 0.169 e. The fourth-order valence-electron chi connectivity index (χ4n) is 1.93. The molecule has 0 amide bonds. The Morgan fingerprint density at radius 2 is 1.41 bits per heavy atom. The number of aryl methyl sites for hydroxylation is 2. The van der Waals surface area contributed by atoms with Crippen LogP contribution in [-0.4, -0.2) is 0 Å². The molecular weight excluding hydrogens is 230 g/mol. The van der Waals surface area contributed by atoms with Gasteiger partial charge in [0.15, 0.2) is 12.4 Å². The first-order valence-electron chi connectivity index (χ1n) is 6.78. The van der Waals surface area contributed by atoms with E-state index in [1.54, 1.807) is 0 Å². The maximum absolute atomic E-state index is 2.29. The van der Waals surface area contributed by atoms with E-state index in [9.17, 15) is 0 Å². The second kappa shape index (κ2) is 10.6. The van der Waals surface area contributed by atoms with Crippen LogP contribution in [0.5, 0.6) is 0 Å². The van der Waals surface area contributed by atoms with E-state index in [2.05, 4.69) is 42.9 Å². The van der Waals surface area contributed by atoms with Crippen LogP contribution in [0.25, 0.3) is 0 Å². The van der Waals surface area contributed by atoms with E-state index in [0.717, 1.165) is 0 Å². The lowest BCUT2D eigenvalue weighted by atomic mass is 10.1. The lowest BCUT2D eigenvalue weighted by Gasteiger charge is -1.99. The summed E-state index contributed by atoms with van der Waals surface area (Å²) in [6.07, 6.45) is 14.1. The van der Waals surface area contributed by atoms with Gasteiger partial charge >= 0.3 is 0 Å². The molecule has 0 N–H and O–H groups in total. The van der Waals surface area contributed by atoms with Gasteiger partial charge in [-0.2, -0.15) is 0 Å². The van der Waals surface area contributed by atoms with Crippen LogP contribution in [0.1, 0.15) is 57.4 Å². The van der Waals surface area contributed by atoms with Crippen LogP contribution in [0, 0.1) is 6.92 Å². The van der Waals surface area contributed by atoms with Crippen molar-refractivity contribution < 1.29 is 17.0 Å². The molecule has 1 rings (SSSR count). The molecule has 0 spiro atoms. The SMILES string of the molecule is CCCCCCCCC[n+]1ccc(C)cc1.[Cl-]. The predicted molar refractivity (Wildman–Crippen MR) is 69.4 cm³/mol. The average molecular weight is 256 g/mol. The molecule has 0 aliphatic carbocycles. The molecule has 1 heterocycles. The Bertz CT molecular complexity index is 269. The number of hydrogen-bond acceptors (Lipinski definition) is 0. The Hall–Kier alpha value is -0.560. The van der Waals surface area contributed by atoms with Gasteiger partial charge in [-0.3, -0.25) is 0 Å².